The predicted octanol–water partition coefficient (Wildman–Crippen LogP) is 2.47. The maximum atomic E-state index is 12.3. The summed E-state index contributed by atoms with van der Waals surface area (Å²) in [5.41, 5.74) is -0.643. The molecule has 4 nitrogen and oxygen atoms in total. The SMILES string of the molecule is C[C@H]1CN(C(=O)CCCOc2ccccc2)C[C@]1(O)C1CC1. The lowest BCUT2D eigenvalue weighted by Gasteiger charge is -2.26. The van der Waals surface area contributed by atoms with E-state index >= 15 is 0 Å². The number of β-amino-alcohol motifs (C(OH)–C–C–N with tert-alkyl or cyclic N) is 1. The van der Waals surface area contributed by atoms with Crippen molar-refractivity contribution in [3.8, 4) is 5.75 Å². The van der Waals surface area contributed by atoms with Crippen molar-refractivity contribution in [3.63, 3.8) is 0 Å². The number of benzene rings is 1. The van der Waals surface area contributed by atoms with Crippen LogP contribution in [0.3, 0.4) is 0 Å². The van der Waals surface area contributed by atoms with Gasteiger partial charge in [0, 0.05) is 25.4 Å². The molecule has 2 fully saturated rings. The van der Waals surface area contributed by atoms with Crippen molar-refractivity contribution in [1.82, 2.24) is 4.90 Å². The molecule has 0 bridgehead atoms. The van der Waals surface area contributed by atoms with E-state index in [1.807, 2.05) is 35.2 Å². The van der Waals surface area contributed by atoms with Crippen molar-refractivity contribution < 1.29 is 14.6 Å². The topological polar surface area (TPSA) is 49.8 Å². The van der Waals surface area contributed by atoms with E-state index in [-0.39, 0.29) is 11.8 Å². The number of carbonyl (C=O) groups excluding carboxylic acids is 1. The van der Waals surface area contributed by atoms with Gasteiger partial charge in [-0.1, -0.05) is 25.1 Å². The number of amides is 1. The number of likely N-dealkylation sites (tertiary alicyclic amines) is 1. The van der Waals surface area contributed by atoms with E-state index in [0.717, 1.165) is 18.6 Å². The van der Waals surface area contributed by atoms with Crippen LogP contribution in [0.1, 0.15) is 32.6 Å². The third-order valence-electron chi connectivity index (χ3n) is 4.98. The summed E-state index contributed by atoms with van der Waals surface area (Å²) in [6.45, 7) is 3.80. The van der Waals surface area contributed by atoms with E-state index in [4.69, 9.17) is 4.74 Å². The summed E-state index contributed by atoms with van der Waals surface area (Å²) in [7, 11) is 0. The molecule has 1 aromatic rings. The van der Waals surface area contributed by atoms with Crippen LogP contribution < -0.4 is 4.74 Å². The van der Waals surface area contributed by atoms with Crippen LogP contribution in [0, 0.1) is 11.8 Å². The minimum absolute atomic E-state index is 0.139. The molecule has 1 N–H and O–H groups in total. The largest absolute Gasteiger partial charge is 0.494 e. The molecule has 1 heterocycles. The van der Waals surface area contributed by atoms with E-state index in [2.05, 4.69) is 6.92 Å². The zero-order valence-electron chi connectivity index (χ0n) is 13.2. The molecule has 2 aliphatic rings. The highest BCUT2D eigenvalue weighted by Gasteiger charge is 2.53. The van der Waals surface area contributed by atoms with Gasteiger partial charge < -0.3 is 14.7 Å². The number of nitrogens with zero attached hydrogens (tertiary/aromatic N) is 1. The van der Waals surface area contributed by atoms with Crippen LogP contribution in [-0.4, -0.2) is 41.2 Å². The lowest BCUT2D eigenvalue weighted by molar-refractivity contribution is -0.131. The molecule has 120 valence electrons. The molecule has 3 rings (SSSR count). The smallest absolute Gasteiger partial charge is 0.222 e. The number of carbonyl (C=O) groups is 1. The van der Waals surface area contributed by atoms with Gasteiger partial charge in [0.1, 0.15) is 5.75 Å². The van der Waals surface area contributed by atoms with Gasteiger partial charge in [0.2, 0.25) is 5.91 Å². The molecule has 0 unspecified atom stereocenters. The summed E-state index contributed by atoms with van der Waals surface area (Å²) in [5, 5.41) is 10.7. The second-order valence-corrected chi connectivity index (χ2v) is 6.71. The van der Waals surface area contributed by atoms with Crippen LogP contribution in [-0.2, 0) is 4.79 Å². The number of aliphatic hydroxyl groups is 1. The van der Waals surface area contributed by atoms with Crippen LogP contribution in [0.5, 0.6) is 5.75 Å². The van der Waals surface area contributed by atoms with Crippen LogP contribution in [0.15, 0.2) is 30.3 Å². The van der Waals surface area contributed by atoms with Gasteiger partial charge in [-0.25, -0.2) is 0 Å². The molecular formula is C18H25NO3. The molecule has 1 amide bonds. The molecule has 2 atom stereocenters. The van der Waals surface area contributed by atoms with Crippen molar-refractivity contribution in [2.45, 2.75) is 38.2 Å². The number of hydrogen-bond donors (Lipinski definition) is 1. The van der Waals surface area contributed by atoms with E-state index in [1.165, 1.54) is 0 Å². The Kier molecular flexibility index (Phi) is 4.39. The third-order valence-corrected chi connectivity index (χ3v) is 4.98. The highest BCUT2D eigenvalue weighted by Crippen LogP contribution is 2.47. The summed E-state index contributed by atoms with van der Waals surface area (Å²) >= 11 is 0. The van der Waals surface area contributed by atoms with Gasteiger partial charge in [0.05, 0.1) is 12.2 Å². The molecule has 1 saturated carbocycles. The highest BCUT2D eigenvalue weighted by molar-refractivity contribution is 5.76. The van der Waals surface area contributed by atoms with Crippen molar-refractivity contribution in [3.05, 3.63) is 30.3 Å². The Morgan fingerprint density at radius 3 is 2.77 bits per heavy atom. The molecule has 0 radical (unpaired) electrons. The molecule has 0 spiro atoms. The Hall–Kier alpha value is -1.55. The predicted molar refractivity (Wildman–Crippen MR) is 84.6 cm³/mol. The fourth-order valence-corrected chi connectivity index (χ4v) is 3.41. The van der Waals surface area contributed by atoms with Crippen molar-refractivity contribution in [2.24, 2.45) is 11.8 Å². The first-order valence-electron chi connectivity index (χ1n) is 8.27. The summed E-state index contributed by atoms with van der Waals surface area (Å²) in [6, 6.07) is 9.65. The van der Waals surface area contributed by atoms with Gasteiger partial charge in [-0.3, -0.25) is 4.79 Å². The van der Waals surface area contributed by atoms with E-state index in [0.29, 0.717) is 38.5 Å². The number of para-hydroxylation sites is 1. The van der Waals surface area contributed by atoms with E-state index in [1.54, 1.807) is 0 Å². The quantitative estimate of drug-likeness (QED) is 0.821. The molecule has 1 saturated heterocycles. The average Bonchev–Trinajstić information content (AvgIpc) is 3.32. The van der Waals surface area contributed by atoms with Gasteiger partial charge in [-0.05, 0) is 37.3 Å². The Labute approximate surface area is 132 Å². The summed E-state index contributed by atoms with van der Waals surface area (Å²) in [4.78, 5) is 14.1. The van der Waals surface area contributed by atoms with Crippen molar-refractivity contribution in [2.75, 3.05) is 19.7 Å². The number of ether oxygens (including phenoxy) is 1. The lowest BCUT2D eigenvalue weighted by Crippen LogP contribution is -2.40. The second-order valence-electron chi connectivity index (χ2n) is 6.71. The fraction of sp³-hybridized carbons (Fsp3) is 0.611. The van der Waals surface area contributed by atoms with Crippen molar-refractivity contribution >= 4 is 5.91 Å². The standard InChI is InChI=1S/C18H25NO3/c1-14-12-19(13-18(14,21)15-9-10-15)17(20)8-5-11-22-16-6-3-2-4-7-16/h2-4,6-7,14-15,21H,5,8-13H2,1H3/t14-,18+/m0/s1. The molecular weight excluding hydrogens is 278 g/mol. The minimum atomic E-state index is -0.643. The zero-order valence-corrected chi connectivity index (χ0v) is 13.2. The van der Waals surface area contributed by atoms with Gasteiger partial charge >= 0.3 is 0 Å². The molecule has 1 aliphatic heterocycles. The normalized spacial score (nSPS) is 27.9. The lowest BCUT2D eigenvalue weighted by atomic mass is 9.88. The first-order chi connectivity index (χ1) is 10.6. The van der Waals surface area contributed by atoms with E-state index < -0.39 is 5.60 Å². The first kappa shape index (κ1) is 15.3. The highest BCUT2D eigenvalue weighted by atomic mass is 16.5. The fourth-order valence-electron chi connectivity index (χ4n) is 3.41. The first-order valence-corrected chi connectivity index (χ1v) is 8.27. The molecule has 1 aromatic carbocycles. The number of rotatable bonds is 6. The molecule has 1 aliphatic carbocycles. The molecule has 22 heavy (non-hydrogen) atoms. The Morgan fingerprint density at radius 1 is 1.36 bits per heavy atom. The maximum absolute atomic E-state index is 12.3. The molecule has 0 aromatic heterocycles. The van der Waals surface area contributed by atoms with Gasteiger partial charge in [0.15, 0.2) is 0 Å². The van der Waals surface area contributed by atoms with Crippen LogP contribution in [0.25, 0.3) is 0 Å². The summed E-state index contributed by atoms with van der Waals surface area (Å²) in [5.74, 6) is 1.57. The van der Waals surface area contributed by atoms with Gasteiger partial charge in [-0.2, -0.15) is 0 Å². The Balaban J connectivity index is 1.41. The van der Waals surface area contributed by atoms with Crippen LogP contribution in [0.2, 0.25) is 0 Å². The Morgan fingerprint density at radius 2 is 2.09 bits per heavy atom. The summed E-state index contributed by atoms with van der Waals surface area (Å²) in [6.07, 6.45) is 3.41. The van der Waals surface area contributed by atoms with Crippen LogP contribution in [0.4, 0.5) is 0 Å². The molecule has 4 heteroatoms. The van der Waals surface area contributed by atoms with Crippen molar-refractivity contribution in [1.29, 1.82) is 0 Å². The van der Waals surface area contributed by atoms with Crippen LogP contribution >= 0.6 is 0 Å². The third kappa shape index (κ3) is 3.27. The second kappa shape index (κ2) is 6.29. The van der Waals surface area contributed by atoms with E-state index in [9.17, 15) is 9.90 Å². The number of hydrogen-bond acceptors (Lipinski definition) is 3. The minimum Gasteiger partial charge on any atom is -0.494 e. The maximum Gasteiger partial charge on any atom is 0.222 e. The summed E-state index contributed by atoms with van der Waals surface area (Å²) < 4.78 is 5.61. The van der Waals surface area contributed by atoms with Gasteiger partial charge in [-0.15, -0.1) is 0 Å². The zero-order chi connectivity index (χ0) is 15.6. The van der Waals surface area contributed by atoms with Gasteiger partial charge in [0.25, 0.3) is 0 Å². The Bertz CT molecular complexity index is 514. The average molecular weight is 303 g/mol. The monoisotopic (exact) mass is 303 g/mol.